The monoisotopic (exact) mass is 313 g/mol. The number of hydrogen-bond donors (Lipinski definition) is 1. The van der Waals surface area contributed by atoms with Gasteiger partial charge in [0, 0.05) is 13.1 Å². The fourth-order valence-corrected chi connectivity index (χ4v) is 3.05. The maximum Gasteiger partial charge on any atom is 0.308 e. The molecule has 2 aromatic rings. The van der Waals surface area contributed by atoms with Crippen LogP contribution in [0.3, 0.4) is 0 Å². The predicted molar refractivity (Wildman–Crippen MR) is 86.3 cm³/mol. The molecule has 0 spiro atoms. The molecule has 1 heterocycles. The lowest BCUT2D eigenvalue weighted by Crippen LogP contribution is -2.40. The minimum absolute atomic E-state index is 0.0104. The molecule has 0 aromatic heterocycles. The third-order valence-corrected chi connectivity index (χ3v) is 4.41. The number of carbonyl (C=O) groups excluding carboxylic acids is 2. The smallest absolute Gasteiger partial charge is 0.308 e. The number of hydrogen-bond acceptors (Lipinski definition) is 4. The van der Waals surface area contributed by atoms with E-state index in [2.05, 4.69) is 0 Å². The van der Waals surface area contributed by atoms with Gasteiger partial charge in [0.15, 0.2) is 0 Å². The van der Waals surface area contributed by atoms with Gasteiger partial charge < -0.3 is 14.7 Å². The van der Waals surface area contributed by atoms with Gasteiger partial charge in [-0.3, -0.25) is 9.59 Å². The highest BCUT2D eigenvalue weighted by molar-refractivity contribution is 6.01. The van der Waals surface area contributed by atoms with Crippen LogP contribution in [0.2, 0.25) is 0 Å². The van der Waals surface area contributed by atoms with Gasteiger partial charge in [0.05, 0.1) is 18.6 Å². The van der Waals surface area contributed by atoms with Crippen LogP contribution in [0.25, 0.3) is 10.8 Å². The fourth-order valence-electron chi connectivity index (χ4n) is 3.05. The molecule has 120 valence electrons. The lowest BCUT2D eigenvalue weighted by Gasteiger charge is -2.31. The first-order valence-electron chi connectivity index (χ1n) is 7.69. The van der Waals surface area contributed by atoms with Crippen LogP contribution in [0.4, 0.5) is 0 Å². The number of amides is 1. The van der Waals surface area contributed by atoms with Crippen molar-refractivity contribution in [3.8, 4) is 5.75 Å². The molecule has 5 heteroatoms. The van der Waals surface area contributed by atoms with Crippen LogP contribution in [-0.4, -0.2) is 42.1 Å². The summed E-state index contributed by atoms with van der Waals surface area (Å²) in [6.45, 7) is 0.982. The van der Waals surface area contributed by atoms with Crippen LogP contribution >= 0.6 is 0 Å². The van der Waals surface area contributed by atoms with E-state index in [-0.39, 0.29) is 23.5 Å². The SMILES string of the molecule is COC(=O)C1CCN(C(=O)c2cc3ccccc3cc2O)CC1. The maximum absolute atomic E-state index is 12.7. The Morgan fingerprint density at radius 3 is 2.35 bits per heavy atom. The quantitative estimate of drug-likeness (QED) is 0.865. The molecule has 1 N–H and O–H groups in total. The first-order chi connectivity index (χ1) is 11.1. The summed E-state index contributed by atoms with van der Waals surface area (Å²) in [5, 5.41) is 12.0. The molecule has 0 bridgehead atoms. The number of likely N-dealkylation sites (tertiary alicyclic amines) is 1. The van der Waals surface area contributed by atoms with E-state index in [0.717, 1.165) is 10.8 Å². The molecular formula is C18H19NO4. The second kappa shape index (κ2) is 6.28. The Kier molecular flexibility index (Phi) is 4.19. The molecule has 1 saturated heterocycles. The Balaban J connectivity index is 1.79. The van der Waals surface area contributed by atoms with Gasteiger partial charge in [0.1, 0.15) is 5.75 Å². The van der Waals surface area contributed by atoms with E-state index < -0.39 is 0 Å². The summed E-state index contributed by atoms with van der Waals surface area (Å²) >= 11 is 0. The zero-order valence-electron chi connectivity index (χ0n) is 13.0. The van der Waals surface area contributed by atoms with E-state index >= 15 is 0 Å². The Labute approximate surface area is 134 Å². The number of piperidine rings is 1. The van der Waals surface area contributed by atoms with Crippen molar-refractivity contribution in [2.45, 2.75) is 12.8 Å². The number of nitrogens with zero attached hydrogens (tertiary/aromatic N) is 1. The van der Waals surface area contributed by atoms with Gasteiger partial charge in [-0.25, -0.2) is 0 Å². The van der Waals surface area contributed by atoms with Crippen LogP contribution < -0.4 is 0 Å². The number of esters is 1. The minimum Gasteiger partial charge on any atom is -0.507 e. The average Bonchev–Trinajstić information content (AvgIpc) is 2.60. The Hall–Kier alpha value is -2.56. The molecule has 3 rings (SSSR count). The van der Waals surface area contributed by atoms with E-state index in [1.165, 1.54) is 7.11 Å². The molecule has 0 saturated carbocycles. The summed E-state index contributed by atoms with van der Waals surface area (Å²) in [6.07, 6.45) is 1.18. The summed E-state index contributed by atoms with van der Waals surface area (Å²) in [6, 6.07) is 10.9. The lowest BCUT2D eigenvalue weighted by atomic mass is 9.96. The molecular weight excluding hydrogens is 294 g/mol. The molecule has 0 atom stereocenters. The molecule has 5 nitrogen and oxygen atoms in total. The number of fused-ring (bicyclic) bond motifs is 1. The van der Waals surface area contributed by atoms with E-state index in [9.17, 15) is 14.7 Å². The van der Waals surface area contributed by atoms with Gasteiger partial charge in [-0.2, -0.15) is 0 Å². The molecule has 0 radical (unpaired) electrons. The van der Waals surface area contributed by atoms with Gasteiger partial charge in [-0.15, -0.1) is 0 Å². The largest absolute Gasteiger partial charge is 0.507 e. The van der Waals surface area contributed by atoms with Crippen LogP contribution in [0.5, 0.6) is 5.75 Å². The Morgan fingerprint density at radius 2 is 1.74 bits per heavy atom. The molecule has 1 amide bonds. The first kappa shape index (κ1) is 15.3. The van der Waals surface area contributed by atoms with Crippen molar-refractivity contribution in [2.75, 3.05) is 20.2 Å². The highest BCUT2D eigenvalue weighted by Gasteiger charge is 2.29. The van der Waals surface area contributed by atoms with E-state index in [4.69, 9.17) is 4.74 Å². The summed E-state index contributed by atoms with van der Waals surface area (Å²) < 4.78 is 4.75. The van der Waals surface area contributed by atoms with Gasteiger partial charge in [-0.1, -0.05) is 24.3 Å². The number of ether oxygens (including phenoxy) is 1. The van der Waals surface area contributed by atoms with Crippen molar-refractivity contribution in [1.82, 2.24) is 4.90 Å². The number of methoxy groups -OCH3 is 1. The summed E-state index contributed by atoms with van der Waals surface area (Å²) in [5.41, 5.74) is 0.306. The molecule has 23 heavy (non-hydrogen) atoms. The third kappa shape index (κ3) is 2.99. The number of rotatable bonds is 2. The van der Waals surface area contributed by atoms with Crippen molar-refractivity contribution < 1.29 is 19.4 Å². The molecule has 2 aromatic carbocycles. The zero-order valence-corrected chi connectivity index (χ0v) is 13.0. The van der Waals surface area contributed by atoms with Crippen molar-refractivity contribution in [2.24, 2.45) is 5.92 Å². The number of aromatic hydroxyl groups is 1. The van der Waals surface area contributed by atoms with E-state index in [1.807, 2.05) is 24.3 Å². The van der Waals surface area contributed by atoms with Gasteiger partial charge in [0.25, 0.3) is 5.91 Å². The molecule has 0 unspecified atom stereocenters. The summed E-state index contributed by atoms with van der Waals surface area (Å²) in [7, 11) is 1.38. The number of phenols is 1. The molecule has 1 aliphatic rings. The molecule has 1 aliphatic heterocycles. The number of phenolic OH excluding ortho intramolecular Hbond substituents is 1. The summed E-state index contributed by atoms with van der Waals surface area (Å²) in [4.78, 5) is 25.9. The van der Waals surface area contributed by atoms with Crippen molar-refractivity contribution in [3.05, 3.63) is 42.0 Å². The zero-order chi connectivity index (χ0) is 16.4. The lowest BCUT2D eigenvalue weighted by molar-refractivity contribution is -0.146. The van der Waals surface area contributed by atoms with Crippen LogP contribution in [0.1, 0.15) is 23.2 Å². The highest BCUT2D eigenvalue weighted by atomic mass is 16.5. The van der Waals surface area contributed by atoms with Gasteiger partial charge in [0.2, 0.25) is 0 Å². The second-order valence-corrected chi connectivity index (χ2v) is 5.81. The van der Waals surface area contributed by atoms with Crippen molar-refractivity contribution in [3.63, 3.8) is 0 Å². The maximum atomic E-state index is 12.7. The Bertz CT molecular complexity index is 748. The first-order valence-corrected chi connectivity index (χ1v) is 7.69. The predicted octanol–water partition coefficient (Wildman–Crippen LogP) is 2.57. The van der Waals surface area contributed by atoms with Crippen LogP contribution in [-0.2, 0) is 9.53 Å². The molecule has 0 aliphatic carbocycles. The minimum atomic E-state index is -0.217. The van der Waals surface area contributed by atoms with E-state index in [0.29, 0.717) is 31.5 Å². The van der Waals surface area contributed by atoms with Crippen LogP contribution in [0.15, 0.2) is 36.4 Å². The standard InChI is InChI=1S/C18H19NO4/c1-23-18(22)12-6-8-19(9-7-12)17(21)15-10-13-4-2-3-5-14(13)11-16(15)20/h2-5,10-12,20H,6-9H2,1H3. The van der Waals surface area contributed by atoms with Crippen molar-refractivity contribution >= 4 is 22.6 Å². The summed E-state index contributed by atoms with van der Waals surface area (Å²) in [5.74, 6) is -0.569. The van der Waals surface area contributed by atoms with Crippen LogP contribution in [0, 0.1) is 5.92 Å². The molecule has 1 fully saturated rings. The van der Waals surface area contributed by atoms with E-state index in [1.54, 1.807) is 17.0 Å². The van der Waals surface area contributed by atoms with Gasteiger partial charge >= 0.3 is 5.97 Å². The third-order valence-electron chi connectivity index (χ3n) is 4.41. The topological polar surface area (TPSA) is 66.8 Å². The Morgan fingerprint density at radius 1 is 1.13 bits per heavy atom. The highest BCUT2D eigenvalue weighted by Crippen LogP contribution is 2.28. The average molecular weight is 313 g/mol. The van der Waals surface area contributed by atoms with Gasteiger partial charge in [-0.05, 0) is 35.7 Å². The number of carbonyl (C=O) groups is 2. The second-order valence-electron chi connectivity index (χ2n) is 5.81. The van der Waals surface area contributed by atoms with Crippen molar-refractivity contribution in [1.29, 1.82) is 0 Å². The fraction of sp³-hybridized carbons (Fsp3) is 0.333. The number of benzene rings is 2. The normalized spacial score (nSPS) is 15.6.